The van der Waals surface area contributed by atoms with E-state index in [1.807, 2.05) is 30.3 Å². The molecule has 0 spiro atoms. The number of hydrogen-bond donors (Lipinski definition) is 1. The lowest BCUT2D eigenvalue weighted by molar-refractivity contribution is -0.149. The first-order valence-electron chi connectivity index (χ1n) is 6.79. The van der Waals surface area contributed by atoms with Gasteiger partial charge in [0.1, 0.15) is 6.04 Å². The fourth-order valence-corrected chi connectivity index (χ4v) is 1.63. The van der Waals surface area contributed by atoms with Crippen LogP contribution in [0.1, 0.15) is 18.9 Å². The molecule has 0 saturated carbocycles. The van der Waals surface area contributed by atoms with Gasteiger partial charge in [0, 0.05) is 6.54 Å². The van der Waals surface area contributed by atoms with Gasteiger partial charge in [0.25, 0.3) is 0 Å². The molecule has 0 heterocycles. The fraction of sp³-hybridized carbons (Fsp3) is 0.400. The molecule has 0 fully saturated rings. The zero-order valence-electron chi connectivity index (χ0n) is 12.5. The van der Waals surface area contributed by atoms with Gasteiger partial charge in [-0.1, -0.05) is 30.3 Å². The normalized spacial score (nSPS) is 11.4. The number of carbonyl (C=O) groups is 3. The molecule has 1 N–H and O–H groups in total. The molecule has 0 amide bonds. The Morgan fingerprint density at radius 3 is 2.45 bits per heavy atom. The number of methoxy groups -OCH3 is 1. The number of benzene rings is 1. The lowest BCUT2D eigenvalue weighted by Crippen LogP contribution is -2.40. The molecule has 1 atom stereocenters. The van der Waals surface area contributed by atoms with E-state index in [1.165, 1.54) is 7.11 Å². The highest BCUT2D eigenvalue weighted by Gasteiger charge is 2.26. The van der Waals surface area contributed by atoms with Crippen LogP contribution in [0.3, 0.4) is 0 Å². The quantitative estimate of drug-likeness (QED) is 0.601. The number of ether oxygens (including phenoxy) is 3. The second-order valence-corrected chi connectivity index (χ2v) is 4.30. The van der Waals surface area contributed by atoms with E-state index >= 15 is 0 Å². The van der Waals surface area contributed by atoms with Crippen LogP contribution in [0.5, 0.6) is 0 Å². The Kier molecular flexibility index (Phi) is 7.63. The lowest BCUT2D eigenvalue weighted by atomic mass is 10.1. The smallest absolute Gasteiger partial charge is 0.469 e. The summed E-state index contributed by atoms with van der Waals surface area (Å²) in [5, 5.41) is 2.87. The van der Waals surface area contributed by atoms with E-state index in [1.54, 1.807) is 6.92 Å². The third-order valence-corrected chi connectivity index (χ3v) is 2.72. The summed E-state index contributed by atoms with van der Waals surface area (Å²) in [5.41, 5.74) is 0.918. The molecule has 0 radical (unpaired) electrons. The summed E-state index contributed by atoms with van der Waals surface area (Å²) in [5.74, 6) is -1.48. The SMILES string of the molecule is CCOC(=O)OC(=O)[C@H](CC(=O)OC)NCc1ccccc1. The Morgan fingerprint density at radius 2 is 1.86 bits per heavy atom. The summed E-state index contributed by atoms with van der Waals surface area (Å²) >= 11 is 0. The molecule has 7 heteroatoms. The molecule has 120 valence electrons. The summed E-state index contributed by atoms with van der Waals surface area (Å²) in [6.45, 7) is 2.01. The third-order valence-electron chi connectivity index (χ3n) is 2.72. The highest BCUT2D eigenvalue weighted by Crippen LogP contribution is 2.03. The van der Waals surface area contributed by atoms with E-state index in [0.29, 0.717) is 6.54 Å². The zero-order chi connectivity index (χ0) is 16.4. The molecule has 1 aromatic carbocycles. The van der Waals surface area contributed by atoms with E-state index < -0.39 is 24.1 Å². The molecule has 1 rings (SSSR count). The molecule has 7 nitrogen and oxygen atoms in total. The molecule has 0 aromatic heterocycles. The van der Waals surface area contributed by atoms with Gasteiger partial charge in [-0.2, -0.15) is 0 Å². The Labute approximate surface area is 128 Å². The highest BCUT2D eigenvalue weighted by molar-refractivity contribution is 5.88. The van der Waals surface area contributed by atoms with Gasteiger partial charge < -0.3 is 14.2 Å². The van der Waals surface area contributed by atoms with Gasteiger partial charge in [0.2, 0.25) is 0 Å². The molecular formula is C15H19NO6. The van der Waals surface area contributed by atoms with E-state index in [2.05, 4.69) is 19.5 Å². The van der Waals surface area contributed by atoms with Crippen molar-refractivity contribution in [3.63, 3.8) is 0 Å². The molecule has 1 aromatic rings. The van der Waals surface area contributed by atoms with Gasteiger partial charge >= 0.3 is 18.1 Å². The van der Waals surface area contributed by atoms with Crippen LogP contribution in [0.25, 0.3) is 0 Å². The largest absolute Gasteiger partial charge is 0.516 e. The topological polar surface area (TPSA) is 90.9 Å². The Bertz CT molecular complexity index is 502. The summed E-state index contributed by atoms with van der Waals surface area (Å²) in [4.78, 5) is 34.4. The predicted molar refractivity (Wildman–Crippen MR) is 76.8 cm³/mol. The minimum Gasteiger partial charge on any atom is -0.469 e. The lowest BCUT2D eigenvalue weighted by Gasteiger charge is -2.15. The average Bonchev–Trinajstić information content (AvgIpc) is 2.52. The summed E-state index contributed by atoms with van der Waals surface area (Å²) in [6.07, 6.45) is -1.34. The first-order chi connectivity index (χ1) is 10.6. The van der Waals surface area contributed by atoms with Crippen molar-refractivity contribution >= 4 is 18.1 Å². The first-order valence-corrected chi connectivity index (χ1v) is 6.79. The molecule has 0 aliphatic rings. The number of nitrogens with one attached hydrogen (secondary N) is 1. The number of esters is 2. The second kappa shape index (κ2) is 9.51. The minimum atomic E-state index is -1.09. The van der Waals surface area contributed by atoms with Crippen molar-refractivity contribution in [1.29, 1.82) is 0 Å². The van der Waals surface area contributed by atoms with Gasteiger partial charge in [-0.05, 0) is 12.5 Å². The van der Waals surface area contributed by atoms with Crippen LogP contribution in [0.4, 0.5) is 4.79 Å². The standard InChI is InChI=1S/C15H19NO6/c1-3-21-15(19)22-14(18)12(9-13(17)20-2)16-10-11-7-5-4-6-8-11/h4-8,12,16H,3,9-10H2,1-2H3/t12-/m0/s1. The van der Waals surface area contributed by atoms with Crippen molar-refractivity contribution in [3.05, 3.63) is 35.9 Å². The first kappa shape index (κ1) is 17.6. The molecule has 0 aliphatic heterocycles. The summed E-state index contributed by atoms with van der Waals surface area (Å²) in [7, 11) is 1.22. The van der Waals surface area contributed by atoms with Crippen LogP contribution < -0.4 is 5.32 Å². The molecular weight excluding hydrogens is 290 g/mol. The third kappa shape index (κ3) is 6.36. The Balaban J connectivity index is 2.64. The number of rotatable bonds is 7. The van der Waals surface area contributed by atoms with Gasteiger partial charge in [-0.3, -0.25) is 10.1 Å². The number of hydrogen-bond acceptors (Lipinski definition) is 7. The maximum atomic E-state index is 11.9. The minimum absolute atomic E-state index is 0.0885. The molecule has 0 bridgehead atoms. The van der Waals surface area contributed by atoms with Crippen LogP contribution in [0, 0.1) is 0 Å². The zero-order valence-corrected chi connectivity index (χ0v) is 12.5. The van der Waals surface area contributed by atoms with E-state index in [0.717, 1.165) is 5.56 Å². The van der Waals surface area contributed by atoms with Crippen LogP contribution in [0.15, 0.2) is 30.3 Å². The molecule has 0 unspecified atom stereocenters. The second-order valence-electron chi connectivity index (χ2n) is 4.30. The molecule has 22 heavy (non-hydrogen) atoms. The van der Waals surface area contributed by atoms with E-state index in [4.69, 9.17) is 0 Å². The van der Waals surface area contributed by atoms with Crippen molar-refractivity contribution in [2.75, 3.05) is 13.7 Å². The number of carbonyl (C=O) groups excluding carboxylic acids is 3. The highest BCUT2D eigenvalue weighted by atomic mass is 16.7. The monoisotopic (exact) mass is 309 g/mol. The average molecular weight is 309 g/mol. The van der Waals surface area contributed by atoms with Crippen LogP contribution in [-0.2, 0) is 30.3 Å². The van der Waals surface area contributed by atoms with Gasteiger partial charge in [-0.15, -0.1) is 0 Å². The maximum Gasteiger partial charge on any atom is 0.516 e. The Hall–Kier alpha value is -2.41. The van der Waals surface area contributed by atoms with Crippen molar-refractivity contribution in [2.45, 2.75) is 25.9 Å². The van der Waals surface area contributed by atoms with Gasteiger partial charge in [-0.25, -0.2) is 9.59 Å². The van der Waals surface area contributed by atoms with Crippen molar-refractivity contribution in [1.82, 2.24) is 5.32 Å². The predicted octanol–water partition coefficient (Wildman–Crippen LogP) is 1.41. The van der Waals surface area contributed by atoms with E-state index in [9.17, 15) is 14.4 Å². The van der Waals surface area contributed by atoms with Crippen molar-refractivity contribution in [3.8, 4) is 0 Å². The van der Waals surface area contributed by atoms with Crippen molar-refractivity contribution < 1.29 is 28.6 Å². The van der Waals surface area contributed by atoms with Crippen LogP contribution in [-0.4, -0.2) is 37.9 Å². The van der Waals surface area contributed by atoms with Crippen LogP contribution in [0.2, 0.25) is 0 Å². The van der Waals surface area contributed by atoms with Crippen LogP contribution >= 0.6 is 0 Å². The van der Waals surface area contributed by atoms with Crippen molar-refractivity contribution in [2.24, 2.45) is 0 Å². The summed E-state index contributed by atoms with van der Waals surface area (Å²) < 4.78 is 13.6. The van der Waals surface area contributed by atoms with Gasteiger partial charge in [0.15, 0.2) is 0 Å². The summed E-state index contributed by atoms with van der Waals surface area (Å²) in [6, 6.07) is 8.28. The molecule has 0 aliphatic carbocycles. The fourth-order valence-electron chi connectivity index (χ4n) is 1.63. The van der Waals surface area contributed by atoms with Gasteiger partial charge in [0.05, 0.1) is 20.1 Å². The molecule has 0 saturated heterocycles. The maximum absolute atomic E-state index is 11.9. The Morgan fingerprint density at radius 1 is 1.18 bits per heavy atom. The van der Waals surface area contributed by atoms with E-state index in [-0.39, 0.29) is 13.0 Å².